The monoisotopic (exact) mass is 393 g/mol. The number of aromatic nitrogens is 2. The lowest BCUT2D eigenvalue weighted by Crippen LogP contribution is -2.15. The van der Waals surface area contributed by atoms with E-state index in [1.54, 1.807) is 22.9 Å². The lowest BCUT2D eigenvalue weighted by molar-refractivity contribution is 0.0657. The van der Waals surface area contributed by atoms with Crippen molar-refractivity contribution in [1.82, 2.24) is 9.78 Å². The van der Waals surface area contributed by atoms with Crippen LogP contribution in [0.1, 0.15) is 47.6 Å². The summed E-state index contributed by atoms with van der Waals surface area (Å²) in [6.45, 7) is 4.45. The Bertz CT molecular complexity index is 1040. The van der Waals surface area contributed by atoms with Crippen LogP contribution in [0.15, 0.2) is 48.5 Å². The highest BCUT2D eigenvalue weighted by molar-refractivity contribution is 6.04. The van der Waals surface area contributed by atoms with Gasteiger partial charge in [-0.2, -0.15) is 5.10 Å². The number of fused-ring (bicyclic) bond motifs is 1. The van der Waals surface area contributed by atoms with E-state index in [9.17, 15) is 9.18 Å². The topological polar surface area (TPSA) is 56.1 Å². The third-order valence-corrected chi connectivity index (χ3v) is 4.99. The summed E-state index contributed by atoms with van der Waals surface area (Å²) < 4.78 is 21.5. The molecule has 1 aromatic heterocycles. The largest absolute Gasteiger partial charge is 0.374 e. The van der Waals surface area contributed by atoms with Gasteiger partial charge in [0.05, 0.1) is 12.7 Å². The summed E-state index contributed by atoms with van der Waals surface area (Å²) >= 11 is 0. The predicted molar refractivity (Wildman–Crippen MR) is 110 cm³/mol. The molecule has 1 aliphatic carbocycles. The van der Waals surface area contributed by atoms with Gasteiger partial charge in [-0.15, -0.1) is 0 Å². The molecule has 1 amide bonds. The zero-order valence-corrected chi connectivity index (χ0v) is 16.6. The first-order valence-electron chi connectivity index (χ1n) is 9.90. The first-order chi connectivity index (χ1) is 14.0. The average molecular weight is 393 g/mol. The first-order valence-corrected chi connectivity index (χ1v) is 9.90. The van der Waals surface area contributed by atoms with Crippen molar-refractivity contribution in [2.24, 2.45) is 0 Å². The lowest BCUT2D eigenvalue weighted by Gasteiger charge is -2.10. The van der Waals surface area contributed by atoms with Crippen molar-refractivity contribution in [2.75, 3.05) is 5.32 Å². The van der Waals surface area contributed by atoms with Crippen LogP contribution in [0.2, 0.25) is 0 Å². The fourth-order valence-electron chi connectivity index (χ4n) is 3.63. The molecule has 5 nitrogen and oxygen atoms in total. The number of amides is 1. The van der Waals surface area contributed by atoms with Crippen LogP contribution < -0.4 is 5.32 Å². The lowest BCUT2D eigenvalue weighted by atomic mass is 10.1. The molecule has 3 aromatic rings. The highest BCUT2D eigenvalue weighted by Gasteiger charge is 2.27. The van der Waals surface area contributed by atoms with E-state index < -0.39 is 0 Å². The molecule has 29 heavy (non-hydrogen) atoms. The number of para-hydroxylation sites is 1. The van der Waals surface area contributed by atoms with E-state index in [-0.39, 0.29) is 17.8 Å². The molecule has 0 fully saturated rings. The zero-order chi connectivity index (χ0) is 20.4. The molecular formula is C23H24FN3O2. The van der Waals surface area contributed by atoms with E-state index in [2.05, 4.69) is 10.4 Å². The van der Waals surface area contributed by atoms with Crippen LogP contribution in [0, 0.1) is 5.82 Å². The van der Waals surface area contributed by atoms with Crippen molar-refractivity contribution < 1.29 is 13.9 Å². The Hall–Kier alpha value is -2.99. The molecule has 150 valence electrons. The van der Waals surface area contributed by atoms with E-state index in [1.807, 2.05) is 38.1 Å². The number of hydrogen-bond acceptors (Lipinski definition) is 3. The molecule has 4 rings (SSSR count). The third-order valence-electron chi connectivity index (χ3n) is 4.99. The van der Waals surface area contributed by atoms with Crippen LogP contribution in [-0.4, -0.2) is 21.8 Å². The van der Waals surface area contributed by atoms with Gasteiger partial charge in [0.25, 0.3) is 5.91 Å². The normalized spacial score (nSPS) is 13.0. The van der Waals surface area contributed by atoms with Crippen molar-refractivity contribution in [3.63, 3.8) is 0 Å². The Morgan fingerprint density at radius 1 is 1.21 bits per heavy atom. The standard InChI is InChI=1S/C23H24FN3O2/c1-15(2)29-14-16-7-5-8-17(13-16)25-23(28)22-18-9-6-12-20(18)27(26-22)21-11-4-3-10-19(21)24/h3-5,7-8,10-11,13,15H,6,9,12,14H2,1-2H3,(H,25,28). The molecule has 0 aliphatic heterocycles. The number of nitrogens with zero attached hydrogens (tertiary/aromatic N) is 2. The molecule has 0 saturated carbocycles. The molecule has 2 aromatic carbocycles. The van der Waals surface area contributed by atoms with Crippen LogP contribution in [0.4, 0.5) is 10.1 Å². The van der Waals surface area contributed by atoms with Gasteiger partial charge in [0, 0.05) is 16.9 Å². The van der Waals surface area contributed by atoms with E-state index >= 15 is 0 Å². The smallest absolute Gasteiger partial charge is 0.276 e. The minimum atomic E-state index is -0.352. The van der Waals surface area contributed by atoms with Gasteiger partial charge in [0.2, 0.25) is 0 Å². The highest BCUT2D eigenvalue weighted by atomic mass is 19.1. The second-order valence-electron chi connectivity index (χ2n) is 7.50. The molecular weight excluding hydrogens is 369 g/mol. The van der Waals surface area contributed by atoms with Crippen LogP contribution in [0.25, 0.3) is 5.69 Å². The Labute approximate surface area is 169 Å². The second kappa shape index (κ2) is 8.17. The highest BCUT2D eigenvalue weighted by Crippen LogP contribution is 2.29. The number of nitrogens with one attached hydrogen (secondary N) is 1. The molecule has 1 aliphatic rings. The number of benzene rings is 2. The Balaban J connectivity index is 1.60. The number of ether oxygens (including phenoxy) is 1. The zero-order valence-electron chi connectivity index (χ0n) is 16.6. The molecule has 6 heteroatoms. The summed E-state index contributed by atoms with van der Waals surface area (Å²) in [5.74, 6) is -0.630. The van der Waals surface area contributed by atoms with Crippen LogP contribution in [0.5, 0.6) is 0 Å². The van der Waals surface area contributed by atoms with Crippen LogP contribution >= 0.6 is 0 Å². The van der Waals surface area contributed by atoms with Crippen LogP contribution in [-0.2, 0) is 24.2 Å². The molecule has 1 heterocycles. The number of carbonyl (C=O) groups excluding carboxylic acids is 1. The van der Waals surface area contributed by atoms with E-state index in [1.165, 1.54) is 6.07 Å². The second-order valence-corrected chi connectivity index (χ2v) is 7.50. The fraction of sp³-hybridized carbons (Fsp3) is 0.304. The Morgan fingerprint density at radius 3 is 2.83 bits per heavy atom. The van der Waals surface area contributed by atoms with Gasteiger partial charge in [-0.25, -0.2) is 9.07 Å². The summed E-state index contributed by atoms with van der Waals surface area (Å²) in [5, 5.41) is 7.41. The first kappa shape index (κ1) is 19.3. The van der Waals surface area contributed by atoms with Crippen molar-refractivity contribution in [3.8, 4) is 5.69 Å². The van der Waals surface area contributed by atoms with Crippen LogP contribution in [0.3, 0.4) is 0 Å². The minimum Gasteiger partial charge on any atom is -0.374 e. The maximum absolute atomic E-state index is 14.3. The third kappa shape index (κ3) is 4.07. The summed E-state index contributed by atoms with van der Waals surface area (Å²) in [6, 6.07) is 14.1. The molecule has 0 bridgehead atoms. The van der Waals surface area contributed by atoms with Crippen molar-refractivity contribution >= 4 is 11.6 Å². The molecule has 0 atom stereocenters. The van der Waals surface area contributed by atoms with Gasteiger partial charge in [0.15, 0.2) is 5.69 Å². The van der Waals surface area contributed by atoms with Gasteiger partial charge >= 0.3 is 0 Å². The number of hydrogen-bond donors (Lipinski definition) is 1. The average Bonchev–Trinajstić information content (AvgIpc) is 3.30. The summed E-state index contributed by atoms with van der Waals surface area (Å²) in [7, 11) is 0. The maximum atomic E-state index is 14.3. The SMILES string of the molecule is CC(C)OCc1cccc(NC(=O)c2nn(-c3ccccc3F)c3c2CCC3)c1. The number of rotatable bonds is 6. The van der Waals surface area contributed by atoms with E-state index in [4.69, 9.17) is 4.74 Å². The van der Waals surface area contributed by atoms with Crippen molar-refractivity contribution in [1.29, 1.82) is 0 Å². The molecule has 0 radical (unpaired) electrons. The van der Waals surface area contributed by atoms with Gasteiger partial charge in [-0.1, -0.05) is 24.3 Å². The van der Waals surface area contributed by atoms with Crippen molar-refractivity contribution in [2.45, 2.75) is 45.8 Å². The Kier molecular flexibility index (Phi) is 5.45. The van der Waals surface area contributed by atoms with Gasteiger partial charge in [-0.05, 0) is 62.9 Å². The fourth-order valence-corrected chi connectivity index (χ4v) is 3.63. The molecule has 0 saturated heterocycles. The maximum Gasteiger partial charge on any atom is 0.276 e. The molecule has 1 N–H and O–H groups in total. The van der Waals surface area contributed by atoms with E-state index in [0.717, 1.165) is 36.1 Å². The number of anilines is 1. The van der Waals surface area contributed by atoms with Crippen molar-refractivity contribution in [3.05, 3.63) is 76.9 Å². The summed E-state index contributed by atoms with van der Waals surface area (Å²) in [4.78, 5) is 13.0. The summed E-state index contributed by atoms with van der Waals surface area (Å²) in [6.07, 6.45) is 2.63. The quantitative estimate of drug-likeness (QED) is 0.662. The van der Waals surface area contributed by atoms with Gasteiger partial charge < -0.3 is 10.1 Å². The predicted octanol–water partition coefficient (Wildman–Crippen LogP) is 4.68. The summed E-state index contributed by atoms with van der Waals surface area (Å²) in [5.41, 5.74) is 4.23. The van der Waals surface area contributed by atoms with Gasteiger partial charge in [-0.3, -0.25) is 4.79 Å². The van der Waals surface area contributed by atoms with Gasteiger partial charge in [0.1, 0.15) is 11.5 Å². The molecule has 0 spiro atoms. The minimum absolute atomic E-state index is 0.137. The number of carbonyl (C=O) groups is 1. The molecule has 0 unspecified atom stereocenters. The number of halogens is 1. The Morgan fingerprint density at radius 2 is 2.03 bits per heavy atom. The van der Waals surface area contributed by atoms with E-state index in [0.29, 0.717) is 23.7 Å².